The lowest BCUT2D eigenvalue weighted by atomic mass is 9.86. The SMILES string of the molecule is Nc1ccc2c(c1)CCC(=Cc1ccccc1)C2=O. The summed E-state index contributed by atoms with van der Waals surface area (Å²) in [6, 6.07) is 15.5. The standard InChI is InChI=1S/C17H15NO/c18-15-8-9-16-13(11-15)6-7-14(17(16)19)10-12-4-2-1-3-5-12/h1-5,8-11H,6-7,18H2. The molecule has 0 aliphatic heterocycles. The number of carbonyl (C=O) groups is 1. The molecule has 0 bridgehead atoms. The Morgan fingerprint density at radius 1 is 1.00 bits per heavy atom. The number of nitrogen functional groups attached to an aromatic ring is 1. The van der Waals surface area contributed by atoms with Crippen LogP contribution in [0.1, 0.15) is 27.9 Å². The van der Waals surface area contributed by atoms with E-state index in [0.29, 0.717) is 0 Å². The molecule has 0 heterocycles. The van der Waals surface area contributed by atoms with Crippen LogP contribution in [0.5, 0.6) is 0 Å². The summed E-state index contributed by atoms with van der Waals surface area (Å²) >= 11 is 0. The summed E-state index contributed by atoms with van der Waals surface area (Å²) in [7, 11) is 0. The normalized spacial score (nSPS) is 16.4. The second kappa shape index (κ2) is 4.73. The molecule has 19 heavy (non-hydrogen) atoms. The first kappa shape index (κ1) is 11.7. The summed E-state index contributed by atoms with van der Waals surface area (Å²) in [5.74, 6) is 0.130. The Morgan fingerprint density at radius 3 is 2.58 bits per heavy atom. The maximum Gasteiger partial charge on any atom is 0.189 e. The van der Waals surface area contributed by atoms with Crippen molar-refractivity contribution in [3.8, 4) is 0 Å². The molecule has 0 atom stereocenters. The third-order valence-electron chi connectivity index (χ3n) is 3.47. The van der Waals surface area contributed by atoms with Crippen molar-refractivity contribution in [2.75, 3.05) is 5.73 Å². The summed E-state index contributed by atoms with van der Waals surface area (Å²) in [6.07, 6.45) is 3.65. The van der Waals surface area contributed by atoms with E-state index in [1.165, 1.54) is 0 Å². The highest BCUT2D eigenvalue weighted by molar-refractivity contribution is 6.13. The van der Waals surface area contributed by atoms with E-state index in [-0.39, 0.29) is 5.78 Å². The zero-order chi connectivity index (χ0) is 13.2. The zero-order valence-electron chi connectivity index (χ0n) is 10.6. The average Bonchev–Trinajstić information content (AvgIpc) is 2.43. The molecule has 0 unspecified atom stereocenters. The Bertz CT molecular complexity index is 656. The van der Waals surface area contributed by atoms with Gasteiger partial charge >= 0.3 is 0 Å². The molecule has 1 aliphatic rings. The topological polar surface area (TPSA) is 43.1 Å². The summed E-state index contributed by atoms with van der Waals surface area (Å²) in [6.45, 7) is 0. The molecule has 2 N–H and O–H groups in total. The molecule has 0 fully saturated rings. The van der Waals surface area contributed by atoms with E-state index < -0.39 is 0 Å². The van der Waals surface area contributed by atoms with Gasteiger partial charge in [-0.15, -0.1) is 0 Å². The van der Waals surface area contributed by atoms with Gasteiger partial charge in [-0.25, -0.2) is 0 Å². The van der Waals surface area contributed by atoms with Crippen LogP contribution in [0.4, 0.5) is 5.69 Å². The van der Waals surface area contributed by atoms with Gasteiger partial charge in [0, 0.05) is 16.8 Å². The van der Waals surface area contributed by atoms with Crippen molar-refractivity contribution in [2.24, 2.45) is 0 Å². The molecular weight excluding hydrogens is 234 g/mol. The Balaban J connectivity index is 1.98. The number of benzene rings is 2. The summed E-state index contributed by atoms with van der Waals surface area (Å²) < 4.78 is 0. The highest BCUT2D eigenvalue weighted by Crippen LogP contribution is 2.27. The number of allylic oxidation sites excluding steroid dienone is 1. The molecule has 2 aromatic carbocycles. The van der Waals surface area contributed by atoms with Crippen molar-refractivity contribution in [3.05, 3.63) is 70.8 Å². The van der Waals surface area contributed by atoms with Crippen LogP contribution in [0.15, 0.2) is 54.1 Å². The van der Waals surface area contributed by atoms with Gasteiger partial charge in [0.15, 0.2) is 5.78 Å². The number of fused-ring (bicyclic) bond motifs is 1. The number of hydrogen-bond donors (Lipinski definition) is 1. The van der Waals surface area contributed by atoms with Gasteiger partial charge in [-0.3, -0.25) is 4.79 Å². The van der Waals surface area contributed by atoms with E-state index in [1.807, 2.05) is 48.5 Å². The van der Waals surface area contributed by atoms with Crippen LogP contribution in [-0.4, -0.2) is 5.78 Å². The maximum absolute atomic E-state index is 12.4. The fourth-order valence-electron chi connectivity index (χ4n) is 2.49. The van der Waals surface area contributed by atoms with Crippen LogP contribution in [0.3, 0.4) is 0 Å². The first-order chi connectivity index (χ1) is 9.24. The van der Waals surface area contributed by atoms with E-state index in [9.17, 15) is 4.79 Å². The Morgan fingerprint density at radius 2 is 1.79 bits per heavy atom. The van der Waals surface area contributed by atoms with Crippen molar-refractivity contribution >= 4 is 17.5 Å². The molecule has 2 aromatic rings. The first-order valence-corrected chi connectivity index (χ1v) is 6.43. The predicted octanol–water partition coefficient (Wildman–Crippen LogP) is 3.48. The zero-order valence-corrected chi connectivity index (χ0v) is 10.6. The fourth-order valence-corrected chi connectivity index (χ4v) is 2.49. The molecule has 0 saturated heterocycles. The Labute approximate surface area is 112 Å². The lowest BCUT2D eigenvalue weighted by Gasteiger charge is -2.17. The number of rotatable bonds is 1. The van der Waals surface area contributed by atoms with Crippen molar-refractivity contribution in [1.82, 2.24) is 0 Å². The molecule has 0 saturated carbocycles. The molecule has 2 heteroatoms. The quantitative estimate of drug-likeness (QED) is 0.621. The molecular formula is C17H15NO. The number of carbonyl (C=O) groups excluding carboxylic acids is 1. The molecule has 0 amide bonds. The molecule has 94 valence electrons. The molecule has 0 radical (unpaired) electrons. The van der Waals surface area contributed by atoms with Gasteiger partial charge in [-0.2, -0.15) is 0 Å². The fraction of sp³-hybridized carbons (Fsp3) is 0.118. The van der Waals surface area contributed by atoms with Gasteiger partial charge in [0.05, 0.1) is 0 Å². The lowest BCUT2D eigenvalue weighted by molar-refractivity contribution is 0.102. The minimum absolute atomic E-state index is 0.130. The van der Waals surface area contributed by atoms with Crippen molar-refractivity contribution in [1.29, 1.82) is 0 Å². The molecule has 2 nitrogen and oxygen atoms in total. The van der Waals surface area contributed by atoms with Crippen LogP contribution in [0.2, 0.25) is 0 Å². The van der Waals surface area contributed by atoms with E-state index in [4.69, 9.17) is 5.73 Å². The second-order valence-electron chi connectivity index (χ2n) is 4.83. The maximum atomic E-state index is 12.4. The summed E-state index contributed by atoms with van der Waals surface area (Å²) in [5, 5.41) is 0. The molecule has 0 aromatic heterocycles. The Kier molecular flexibility index (Phi) is 2.92. The van der Waals surface area contributed by atoms with Crippen LogP contribution in [-0.2, 0) is 6.42 Å². The van der Waals surface area contributed by atoms with Crippen LogP contribution >= 0.6 is 0 Å². The molecule has 3 rings (SSSR count). The second-order valence-corrected chi connectivity index (χ2v) is 4.83. The highest BCUT2D eigenvalue weighted by Gasteiger charge is 2.21. The Hall–Kier alpha value is -2.35. The average molecular weight is 249 g/mol. The number of anilines is 1. The van der Waals surface area contributed by atoms with Crippen LogP contribution in [0, 0.1) is 0 Å². The van der Waals surface area contributed by atoms with Gasteiger partial charge in [0.2, 0.25) is 0 Å². The van der Waals surface area contributed by atoms with Crippen molar-refractivity contribution < 1.29 is 4.79 Å². The van der Waals surface area contributed by atoms with Crippen LogP contribution < -0.4 is 5.73 Å². The number of Topliss-reactive ketones (excluding diaryl/α,β-unsaturated/α-hetero) is 1. The smallest absolute Gasteiger partial charge is 0.189 e. The number of hydrogen-bond acceptors (Lipinski definition) is 2. The minimum Gasteiger partial charge on any atom is -0.399 e. The number of ketones is 1. The summed E-state index contributed by atoms with van der Waals surface area (Å²) in [5.41, 5.74) is 10.3. The monoisotopic (exact) mass is 249 g/mol. The number of nitrogens with two attached hydrogens (primary N) is 1. The minimum atomic E-state index is 0.130. The van der Waals surface area contributed by atoms with Crippen molar-refractivity contribution in [2.45, 2.75) is 12.8 Å². The lowest BCUT2D eigenvalue weighted by Crippen LogP contribution is -2.14. The van der Waals surface area contributed by atoms with Gasteiger partial charge in [-0.1, -0.05) is 30.3 Å². The van der Waals surface area contributed by atoms with E-state index >= 15 is 0 Å². The first-order valence-electron chi connectivity index (χ1n) is 6.43. The van der Waals surface area contributed by atoms with E-state index in [0.717, 1.165) is 40.8 Å². The largest absolute Gasteiger partial charge is 0.399 e. The summed E-state index contributed by atoms with van der Waals surface area (Å²) in [4.78, 5) is 12.4. The third-order valence-corrected chi connectivity index (χ3v) is 3.47. The van der Waals surface area contributed by atoms with Gasteiger partial charge in [-0.05, 0) is 48.2 Å². The van der Waals surface area contributed by atoms with Crippen LogP contribution in [0.25, 0.3) is 6.08 Å². The van der Waals surface area contributed by atoms with Gasteiger partial charge in [0.25, 0.3) is 0 Å². The van der Waals surface area contributed by atoms with Crippen molar-refractivity contribution in [3.63, 3.8) is 0 Å². The highest BCUT2D eigenvalue weighted by atomic mass is 16.1. The van der Waals surface area contributed by atoms with Gasteiger partial charge < -0.3 is 5.73 Å². The van der Waals surface area contributed by atoms with Gasteiger partial charge in [0.1, 0.15) is 0 Å². The number of aryl methyl sites for hydroxylation is 1. The molecule has 1 aliphatic carbocycles. The molecule has 0 spiro atoms. The van der Waals surface area contributed by atoms with E-state index in [2.05, 4.69) is 0 Å². The third kappa shape index (κ3) is 2.29. The predicted molar refractivity (Wildman–Crippen MR) is 77.9 cm³/mol. The van der Waals surface area contributed by atoms with E-state index in [1.54, 1.807) is 6.07 Å².